The number of nitrogens with zero attached hydrogens (tertiary/aromatic N) is 2. The van der Waals surface area contributed by atoms with E-state index in [0.717, 1.165) is 11.3 Å². The molecule has 2 fully saturated rings. The Morgan fingerprint density at radius 2 is 2.10 bits per heavy atom. The van der Waals surface area contributed by atoms with Crippen molar-refractivity contribution in [3.05, 3.63) is 33.8 Å². The molecule has 2 aliphatic rings. The SMILES string of the molecule is O=C1[C@H]2CCCN2C(=O)N1C[C@@H](O)c1cc(Cl)ccc1Cl. The molecule has 7 heteroatoms. The van der Waals surface area contributed by atoms with Gasteiger partial charge in [-0.2, -0.15) is 0 Å². The number of benzene rings is 1. The van der Waals surface area contributed by atoms with Crippen molar-refractivity contribution in [2.45, 2.75) is 25.0 Å². The highest BCUT2D eigenvalue weighted by atomic mass is 35.5. The van der Waals surface area contributed by atoms with Gasteiger partial charge in [0, 0.05) is 22.2 Å². The zero-order valence-corrected chi connectivity index (χ0v) is 12.6. The predicted octanol–water partition coefficient (Wildman–Crippen LogP) is 2.45. The second-order valence-electron chi connectivity index (χ2n) is 5.26. The van der Waals surface area contributed by atoms with Crippen LogP contribution in [0.3, 0.4) is 0 Å². The first-order valence-electron chi connectivity index (χ1n) is 6.74. The van der Waals surface area contributed by atoms with E-state index >= 15 is 0 Å². The number of fused-ring (bicyclic) bond motifs is 1. The van der Waals surface area contributed by atoms with Crippen LogP contribution in [0.4, 0.5) is 4.79 Å². The molecule has 2 saturated heterocycles. The summed E-state index contributed by atoms with van der Waals surface area (Å²) >= 11 is 11.9. The fourth-order valence-electron chi connectivity index (χ4n) is 2.89. The Kier molecular flexibility index (Phi) is 3.82. The van der Waals surface area contributed by atoms with Crippen molar-refractivity contribution >= 4 is 35.1 Å². The van der Waals surface area contributed by atoms with Gasteiger partial charge < -0.3 is 10.0 Å². The number of urea groups is 1. The Labute approximate surface area is 132 Å². The number of aliphatic hydroxyl groups excluding tert-OH is 1. The van der Waals surface area contributed by atoms with Crippen molar-refractivity contribution in [1.82, 2.24) is 9.80 Å². The minimum Gasteiger partial charge on any atom is -0.386 e. The molecule has 2 heterocycles. The van der Waals surface area contributed by atoms with Gasteiger partial charge in [0.05, 0.1) is 12.6 Å². The molecule has 0 bridgehead atoms. The number of aliphatic hydroxyl groups is 1. The molecule has 0 spiro atoms. The molecule has 0 unspecified atom stereocenters. The number of β-amino-alcohol motifs (C(OH)–C–C–N with tert-alkyl or cyclic N) is 1. The lowest BCUT2D eigenvalue weighted by Gasteiger charge is -2.20. The fourth-order valence-corrected chi connectivity index (χ4v) is 3.31. The third-order valence-electron chi connectivity index (χ3n) is 3.95. The second-order valence-corrected chi connectivity index (χ2v) is 6.11. The first-order chi connectivity index (χ1) is 9.99. The molecule has 2 aliphatic heterocycles. The van der Waals surface area contributed by atoms with Crippen molar-refractivity contribution in [2.75, 3.05) is 13.1 Å². The molecule has 0 saturated carbocycles. The van der Waals surface area contributed by atoms with Gasteiger partial charge in [-0.25, -0.2) is 4.79 Å². The van der Waals surface area contributed by atoms with E-state index in [9.17, 15) is 14.7 Å². The van der Waals surface area contributed by atoms with Gasteiger partial charge in [-0.1, -0.05) is 23.2 Å². The smallest absolute Gasteiger partial charge is 0.327 e. The highest BCUT2D eigenvalue weighted by molar-refractivity contribution is 6.33. The van der Waals surface area contributed by atoms with Gasteiger partial charge in [0.25, 0.3) is 5.91 Å². The molecule has 5 nitrogen and oxygen atoms in total. The summed E-state index contributed by atoms with van der Waals surface area (Å²) in [6.45, 7) is 0.491. The van der Waals surface area contributed by atoms with E-state index in [1.807, 2.05) is 0 Å². The van der Waals surface area contributed by atoms with Crippen LogP contribution in [0, 0.1) is 0 Å². The summed E-state index contributed by atoms with van der Waals surface area (Å²) in [5.41, 5.74) is 0.414. The van der Waals surface area contributed by atoms with Gasteiger partial charge in [0.1, 0.15) is 6.04 Å². The lowest BCUT2D eigenvalue weighted by Crippen LogP contribution is -2.36. The molecular weight excluding hydrogens is 315 g/mol. The first-order valence-corrected chi connectivity index (χ1v) is 7.49. The Hall–Kier alpha value is -1.30. The van der Waals surface area contributed by atoms with E-state index in [2.05, 4.69) is 0 Å². The van der Waals surface area contributed by atoms with Gasteiger partial charge in [-0.15, -0.1) is 0 Å². The van der Waals surface area contributed by atoms with Crippen LogP contribution in [0.1, 0.15) is 24.5 Å². The molecule has 3 amide bonds. The topological polar surface area (TPSA) is 60.9 Å². The van der Waals surface area contributed by atoms with Crippen molar-refractivity contribution in [3.8, 4) is 0 Å². The number of halogens is 2. The molecule has 112 valence electrons. The first kappa shape index (κ1) is 14.6. The van der Waals surface area contributed by atoms with Gasteiger partial charge in [-0.05, 0) is 31.0 Å². The van der Waals surface area contributed by atoms with Crippen LogP contribution in [0.5, 0.6) is 0 Å². The van der Waals surface area contributed by atoms with Gasteiger partial charge >= 0.3 is 6.03 Å². The Bertz CT molecular complexity index is 586. The summed E-state index contributed by atoms with van der Waals surface area (Å²) in [6.07, 6.45) is 0.484. The van der Waals surface area contributed by atoms with E-state index in [4.69, 9.17) is 23.2 Å². The number of carbonyl (C=O) groups excluding carboxylic acids is 2. The van der Waals surface area contributed by atoms with Crippen LogP contribution < -0.4 is 0 Å². The summed E-state index contributed by atoms with van der Waals surface area (Å²) in [4.78, 5) is 27.1. The van der Waals surface area contributed by atoms with Gasteiger partial charge in [0.2, 0.25) is 0 Å². The number of amides is 3. The molecule has 3 rings (SSSR count). The second kappa shape index (κ2) is 5.48. The Morgan fingerprint density at radius 3 is 2.81 bits per heavy atom. The van der Waals surface area contributed by atoms with Crippen LogP contribution in [-0.2, 0) is 4.79 Å². The van der Waals surface area contributed by atoms with E-state index in [0.29, 0.717) is 28.6 Å². The van der Waals surface area contributed by atoms with Crippen LogP contribution in [0.2, 0.25) is 10.0 Å². The average molecular weight is 329 g/mol. The molecule has 0 aromatic heterocycles. The maximum Gasteiger partial charge on any atom is 0.327 e. The molecule has 0 radical (unpaired) electrons. The normalized spacial score (nSPS) is 22.9. The van der Waals surface area contributed by atoms with E-state index in [1.165, 1.54) is 0 Å². The lowest BCUT2D eigenvalue weighted by molar-refractivity contribution is -0.128. The zero-order valence-electron chi connectivity index (χ0n) is 11.1. The van der Waals surface area contributed by atoms with Crippen LogP contribution in [0.15, 0.2) is 18.2 Å². The molecular formula is C14H14Cl2N2O3. The maximum absolute atomic E-state index is 12.2. The van der Waals surface area contributed by atoms with Crippen molar-refractivity contribution < 1.29 is 14.7 Å². The number of hydrogen-bond acceptors (Lipinski definition) is 3. The summed E-state index contributed by atoms with van der Waals surface area (Å²) in [5.74, 6) is -0.241. The summed E-state index contributed by atoms with van der Waals surface area (Å²) in [7, 11) is 0. The largest absolute Gasteiger partial charge is 0.386 e. The predicted molar refractivity (Wildman–Crippen MR) is 78.3 cm³/mol. The summed E-state index contributed by atoms with van der Waals surface area (Å²) < 4.78 is 0. The zero-order chi connectivity index (χ0) is 15.1. The number of carbonyl (C=O) groups is 2. The highest BCUT2D eigenvalue weighted by Crippen LogP contribution is 2.31. The molecule has 21 heavy (non-hydrogen) atoms. The molecule has 1 aromatic rings. The quantitative estimate of drug-likeness (QED) is 0.867. The molecule has 1 aromatic carbocycles. The number of imide groups is 1. The monoisotopic (exact) mass is 328 g/mol. The number of rotatable bonds is 3. The van der Waals surface area contributed by atoms with E-state index in [1.54, 1.807) is 23.1 Å². The minimum absolute atomic E-state index is 0.106. The van der Waals surface area contributed by atoms with Crippen LogP contribution in [-0.4, -0.2) is 46.0 Å². The van der Waals surface area contributed by atoms with Crippen LogP contribution >= 0.6 is 23.2 Å². The third kappa shape index (κ3) is 2.50. The van der Waals surface area contributed by atoms with Crippen molar-refractivity contribution in [2.24, 2.45) is 0 Å². The third-order valence-corrected chi connectivity index (χ3v) is 4.53. The molecule has 0 aliphatic carbocycles. The average Bonchev–Trinajstić information content (AvgIpc) is 3.01. The molecule has 1 N–H and O–H groups in total. The Balaban J connectivity index is 1.79. The van der Waals surface area contributed by atoms with Gasteiger partial charge in [-0.3, -0.25) is 9.69 Å². The lowest BCUT2D eigenvalue weighted by atomic mass is 10.1. The summed E-state index contributed by atoms with van der Waals surface area (Å²) in [6, 6.07) is 4.04. The van der Waals surface area contributed by atoms with E-state index in [-0.39, 0.29) is 24.5 Å². The minimum atomic E-state index is -1.05. The van der Waals surface area contributed by atoms with Crippen molar-refractivity contribution in [1.29, 1.82) is 0 Å². The highest BCUT2D eigenvalue weighted by Gasteiger charge is 2.47. The van der Waals surface area contributed by atoms with Crippen LogP contribution in [0.25, 0.3) is 0 Å². The summed E-state index contributed by atoms with van der Waals surface area (Å²) in [5, 5.41) is 11.1. The standard InChI is InChI=1S/C14H14Cl2N2O3/c15-8-3-4-10(16)9(6-8)12(19)7-18-13(20)11-2-1-5-17(11)14(18)21/h3-4,6,11-12,19H,1-2,5,7H2/t11-,12-/m1/s1. The number of hydrogen-bond donors (Lipinski definition) is 1. The Morgan fingerprint density at radius 1 is 1.33 bits per heavy atom. The van der Waals surface area contributed by atoms with E-state index < -0.39 is 6.10 Å². The maximum atomic E-state index is 12.2. The van der Waals surface area contributed by atoms with Gasteiger partial charge in [0.15, 0.2) is 0 Å². The molecule has 2 atom stereocenters. The fraction of sp³-hybridized carbons (Fsp3) is 0.429. The van der Waals surface area contributed by atoms with Crippen molar-refractivity contribution in [3.63, 3.8) is 0 Å².